The van der Waals surface area contributed by atoms with Gasteiger partial charge >= 0.3 is 0 Å². The second kappa shape index (κ2) is 3.79. The first-order chi connectivity index (χ1) is 5.36. The maximum absolute atomic E-state index is 5.82. The van der Waals surface area contributed by atoms with Crippen LogP contribution in [0.1, 0.15) is 0 Å². The van der Waals surface area contributed by atoms with Gasteiger partial charge in [0, 0.05) is 5.02 Å². The van der Waals surface area contributed by atoms with Gasteiger partial charge < -0.3 is 0 Å². The number of rotatable bonds is 0. The molecule has 0 amide bonds. The molecule has 0 aromatic heterocycles. The molecule has 0 aliphatic carbocycles. The second-order valence-corrected chi connectivity index (χ2v) is 2.93. The third kappa shape index (κ3) is 1.71. The molecule has 0 atom stereocenters. The molecule has 2 aromatic carbocycles. The van der Waals surface area contributed by atoms with Crippen molar-refractivity contribution in [2.24, 2.45) is 0 Å². The molecule has 0 aliphatic heterocycles. The summed E-state index contributed by atoms with van der Waals surface area (Å²) in [5, 5.41) is 3.22. The highest BCUT2D eigenvalue weighted by atomic mass is 35.5. The van der Waals surface area contributed by atoms with Gasteiger partial charge in [-0.05, 0) is 22.9 Å². The zero-order valence-corrected chi connectivity index (χ0v) is 7.90. The van der Waals surface area contributed by atoms with Gasteiger partial charge in [-0.15, -0.1) is 12.4 Å². The number of fused-ring (bicyclic) bond motifs is 1. The summed E-state index contributed by atoms with van der Waals surface area (Å²) >= 11 is 5.82. The van der Waals surface area contributed by atoms with E-state index in [1.807, 2.05) is 30.3 Å². The van der Waals surface area contributed by atoms with Crippen molar-refractivity contribution in [1.82, 2.24) is 0 Å². The average molecular weight is 199 g/mol. The Morgan fingerprint density at radius 3 is 2.25 bits per heavy atom. The molecule has 2 heteroatoms. The minimum absolute atomic E-state index is 0. The first-order valence-corrected chi connectivity index (χ1v) is 3.88. The van der Waals surface area contributed by atoms with Crippen LogP contribution in [0.3, 0.4) is 0 Å². The summed E-state index contributed by atoms with van der Waals surface area (Å²) in [5.41, 5.74) is 0. The maximum Gasteiger partial charge on any atom is 0.0412 e. The van der Waals surface area contributed by atoms with E-state index in [1.165, 1.54) is 10.8 Å². The van der Waals surface area contributed by atoms with Crippen LogP contribution in [-0.2, 0) is 0 Å². The van der Waals surface area contributed by atoms with Crippen LogP contribution in [-0.4, -0.2) is 0 Å². The van der Waals surface area contributed by atoms with Crippen molar-refractivity contribution in [2.45, 2.75) is 0 Å². The van der Waals surface area contributed by atoms with Crippen LogP contribution in [0.4, 0.5) is 0 Å². The van der Waals surface area contributed by atoms with Gasteiger partial charge in [-0.2, -0.15) is 0 Å². The van der Waals surface area contributed by atoms with Crippen LogP contribution in [0.15, 0.2) is 42.5 Å². The molecular weight excluding hydrogens is 191 g/mol. The Morgan fingerprint density at radius 1 is 0.833 bits per heavy atom. The van der Waals surface area contributed by atoms with E-state index >= 15 is 0 Å². The fourth-order valence-electron chi connectivity index (χ4n) is 1.16. The van der Waals surface area contributed by atoms with Crippen molar-refractivity contribution < 1.29 is 0 Å². The van der Waals surface area contributed by atoms with E-state index < -0.39 is 0 Å². The molecule has 0 unspecified atom stereocenters. The van der Waals surface area contributed by atoms with E-state index in [9.17, 15) is 0 Å². The summed E-state index contributed by atoms with van der Waals surface area (Å²) in [6.45, 7) is 0. The molecule has 0 N–H and O–H groups in total. The van der Waals surface area contributed by atoms with E-state index in [-0.39, 0.29) is 12.4 Å². The van der Waals surface area contributed by atoms with Crippen LogP contribution >= 0.6 is 24.0 Å². The van der Waals surface area contributed by atoms with Crippen LogP contribution in [0, 0.1) is 0 Å². The van der Waals surface area contributed by atoms with Crippen molar-refractivity contribution >= 4 is 34.8 Å². The monoisotopic (exact) mass is 198 g/mol. The summed E-state index contributed by atoms with van der Waals surface area (Å²) in [4.78, 5) is 0. The van der Waals surface area contributed by atoms with Gasteiger partial charge in [-0.3, -0.25) is 0 Å². The highest BCUT2D eigenvalue weighted by molar-refractivity contribution is 6.31. The standard InChI is InChI=1S/C10H7Cl.ClH/c11-10-6-5-8-3-1-2-4-9(8)7-10;/h1-7H;1H. The molecule has 12 heavy (non-hydrogen) atoms. The zero-order chi connectivity index (χ0) is 7.68. The summed E-state index contributed by atoms with van der Waals surface area (Å²) in [6.07, 6.45) is 0. The van der Waals surface area contributed by atoms with Gasteiger partial charge in [0.05, 0.1) is 0 Å². The molecular formula is C10H8Cl2. The van der Waals surface area contributed by atoms with Gasteiger partial charge in [0.25, 0.3) is 0 Å². The summed E-state index contributed by atoms with van der Waals surface area (Å²) in [6, 6.07) is 14.1. The maximum atomic E-state index is 5.82. The van der Waals surface area contributed by atoms with Crippen molar-refractivity contribution in [3.05, 3.63) is 47.5 Å². The predicted molar refractivity (Wildman–Crippen MR) is 56.2 cm³/mol. The molecule has 62 valence electrons. The largest absolute Gasteiger partial charge is 0.147 e. The van der Waals surface area contributed by atoms with Crippen molar-refractivity contribution in [3.63, 3.8) is 0 Å². The van der Waals surface area contributed by atoms with Crippen LogP contribution < -0.4 is 0 Å². The molecule has 0 fully saturated rings. The number of halogens is 2. The third-order valence-electron chi connectivity index (χ3n) is 1.71. The second-order valence-electron chi connectivity index (χ2n) is 2.49. The first-order valence-electron chi connectivity index (χ1n) is 3.50. The highest BCUT2D eigenvalue weighted by Crippen LogP contribution is 2.18. The van der Waals surface area contributed by atoms with Gasteiger partial charge in [0.2, 0.25) is 0 Å². The Kier molecular flexibility index (Phi) is 2.96. The van der Waals surface area contributed by atoms with Gasteiger partial charge in [0.15, 0.2) is 0 Å². The smallest absolute Gasteiger partial charge is 0.0412 e. The quantitative estimate of drug-likeness (QED) is 0.603. The lowest BCUT2D eigenvalue weighted by Gasteiger charge is -1.95. The molecule has 0 saturated carbocycles. The lowest BCUT2D eigenvalue weighted by molar-refractivity contribution is 1.75. The Morgan fingerprint density at radius 2 is 1.50 bits per heavy atom. The third-order valence-corrected chi connectivity index (χ3v) is 1.95. The molecule has 2 aromatic rings. The SMILES string of the molecule is Cl.Clc1ccc2ccccc2c1. The van der Waals surface area contributed by atoms with Gasteiger partial charge in [0.1, 0.15) is 0 Å². The molecule has 0 aliphatic rings. The first kappa shape index (κ1) is 9.37. The van der Waals surface area contributed by atoms with E-state index in [0.717, 1.165) is 5.02 Å². The van der Waals surface area contributed by atoms with E-state index in [1.54, 1.807) is 0 Å². The lowest BCUT2D eigenvalue weighted by atomic mass is 10.1. The Balaban J connectivity index is 0.000000720. The predicted octanol–water partition coefficient (Wildman–Crippen LogP) is 3.92. The fraction of sp³-hybridized carbons (Fsp3) is 0. The van der Waals surface area contributed by atoms with Crippen LogP contribution in [0.5, 0.6) is 0 Å². The molecule has 0 radical (unpaired) electrons. The van der Waals surface area contributed by atoms with Gasteiger partial charge in [-0.25, -0.2) is 0 Å². The summed E-state index contributed by atoms with van der Waals surface area (Å²) in [5.74, 6) is 0. The van der Waals surface area contributed by atoms with Crippen LogP contribution in [0.2, 0.25) is 5.02 Å². The fourth-order valence-corrected chi connectivity index (χ4v) is 1.34. The van der Waals surface area contributed by atoms with Crippen molar-refractivity contribution in [2.75, 3.05) is 0 Å². The molecule has 0 bridgehead atoms. The molecule has 0 spiro atoms. The normalized spacial score (nSPS) is 9.42. The topological polar surface area (TPSA) is 0 Å². The Hall–Kier alpha value is -0.720. The Labute approximate surface area is 82.6 Å². The van der Waals surface area contributed by atoms with E-state index in [4.69, 9.17) is 11.6 Å². The van der Waals surface area contributed by atoms with Crippen molar-refractivity contribution in [3.8, 4) is 0 Å². The highest BCUT2D eigenvalue weighted by Gasteiger charge is 1.90. The number of hydrogen-bond donors (Lipinski definition) is 0. The van der Waals surface area contributed by atoms with E-state index in [0.29, 0.717) is 0 Å². The average Bonchev–Trinajstić information content (AvgIpc) is 2.04. The lowest BCUT2D eigenvalue weighted by Crippen LogP contribution is -1.69. The minimum atomic E-state index is 0. The van der Waals surface area contributed by atoms with E-state index in [2.05, 4.69) is 12.1 Å². The summed E-state index contributed by atoms with van der Waals surface area (Å²) < 4.78 is 0. The summed E-state index contributed by atoms with van der Waals surface area (Å²) in [7, 11) is 0. The number of benzene rings is 2. The number of hydrogen-bond acceptors (Lipinski definition) is 0. The minimum Gasteiger partial charge on any atom is -0.147 e. The van der Waals surface area contributed by atoms with Gasteiger partial charge in [-0.1, -0.05) is 41.9 Å². The van der Waals surface area contributed by atoms with Crippen molar-refractivity contribution in [1.29, 1.82) is 0 Å². The molecule has 0 nitrogen and oxygen atoms in total. The molecule has 0 heterocycles. The Bertz CT molecular complexity index is 382. The molecule has 0 saturated heterocycles. The van der Waals surface area contributed by atoms with Crippen LogP contribution in [0.25, 0.3) is 10.8 Å². The molecule has 2 rings (SSSR count). The zero-order valence-electron chi connectivity index (χ0n) is 6.33.